The number of methoxy groups -OCH3 is 1. The number of pyridine rings is 1. The summed E-state index contributed by atoms with van der Waals surface area (Å²) in [5.74, 6) is 0.912. The summed E-state index contributed by atoms with van der Waals surface area (Å²) >= 11 is 0. The first kappa shape index (κ1) is 12.0. The van der Waals surface area contributed by atoms with Gasteiger partial charge in [-0.05, 0) is 24.3 Å². The van der Waals surface area contributed by atoms with Crippen LogP contribution < -0.4 is 4.74 Å². The highest BCUT2D eigenvalue weighted by atomic mass is 16.5. The molecule has 1 heterocycles. The molecule has 84 valence electrons. The predicted octanol–water partition coefficient (Wildman–Crippen LogP) is 3.56. The van der Waals surface area contributed by atoms with Gasteiger partial charge in [-0.15, -0.1) is 0 Å². The topological polar surface area (TPSA) is 22.1 Å². The van der Waals surface area contributed by atoms with Crippen LogP contribution in [0.4, 0.5) is 0 Å². The standard InChI is InChI=1S/C13H21NO/c1-5-8-13(3,6-2)11-7-9-14-10-12(11)15-4/h7,9-10H,5-6,8H2,1-4H3. The van der Waals surface area contributed by atoms with E-state index in [-0.39, 0.29) is 5.41 Å². The first-order valence-electron chi connectivity index (χ1n) is 5.66. The van der Waals surface area contributed by atoms with Crippen molar-refractivity contribution in [3.8, 4) is 5.75 Å². The molecule has 0 fully saturated rings. The Kier molecular flexibility index (Phi) is 4.13. The van der Waals surface area contributed by atoms with Gasteiger partial charge in [-0.1, -0.05) is 27.2 Å². The van der Waals surface area contributed by atoms with E-state index in [0.29, 0.717) is 0 Å². The summed E-state index contributed by atoms with van der Waals surface area (Å²) < 4.78 is 5.38. The maximum absolute atomic E-state index is 5.38. The smallest absolute Gasteiger partial charge is 0.140 e. The lowest BCUT2D eigenvalue weighted by Crippen LogP contribution is -2.21. The van der Waals surface area contributed by atoms with Crippen LogP contribution in [0.1, 0.15) is 45.6 Å². The third-order valence-corrected chi connectivity index (χ3v) is 3.24. The maximum atomic E-state index is 5.38. The van der Waals surface area contributed by atoms with Crippen molar-refractivity contribution < 1.29 is 4.74 Å². The molecule has 0 saturated heterocycles. The van der Waals surface area contributed by atoms with Crippen LogP contribution in [-0.4, -0.2) is 12.1 Å². The fourth-order valence-corrected chi connectivity index (χ4v) is 2.09. The van der Waals surface area contributed by atoms with Crippen LogP contribution in [0.5, 0.6) is 5.75 Å². The highest BCUT2D eigenvalue weighted by molar-refractivity contribution is 5.36. The Morgan fingerprint density at radius 1 is 1.40 bits per heavy atom. The molecule has 1 atom stereocenters. The Morgan fingerprint density at radius 2 is 2.13 bits per heavy atom. The molecule has 0 aliphatic rings. The molecule has 0 spiro atoms. The molecule has 0 N–H and O–H groups in total. The number of ether oxygens (including phenoxy) is 1. The molecule has 1 rings (SSSR count). The zero-order valence-electron chi connectivity index (χ0n) is 10.2. The molecule has 1 aromatic heterocycles. The summed E-state index contributed by atoms with van der Waals surface area (Å²) in [5, 5.41) is 0. The van der Waals surface area contributed by atoms with Gasteiger partial charge in [0.05, 0.1) is 13.3 Å². The van der Waals surface area contributed by atoms with Crippen LogP contribution in [0.25, 0.3) is 0 Å². The number of nitrogens with zero attached hydrogens (tertiary/aromatic N) is 1. The fraction of sp³-hybridized carbons (Fsp3) is 0.615. The van der Waals surface area contributed by atoms with E-state index < -0.39 is 0 Å². The van der Waals surface area contributed by atoms with Crippen molar-refractivity contribution in [3.05, 3.63) is 24.0 Å². The zero-order valence-corrected chi connectivity index (χ0v) is 10.2. The molecule has 0 aliphatic carbocycles. The summed E-state index contributed by atoms with van der Waals surface area (Å²) in [6.07, 6.45) is 7.15. The minimum atomic E-state index is 0.211. The van der Waals surface area contributed by atoms with Crippen LogP contribution >= 0.6 is 0 Å². The SMILES string of the molecule is CCCC(C)(CC)c1ccncc1OC. The van der Waals surface area contributed by atoms with E-state index in [1.54, 1.807) is 13.3 Å². The Bertz CT molecular complexity index is 311. The summed E-state index contributed by atoms with van der Waals surface area (Å²) in [4.78, 5) is 4.10. The number of rotatable bonds is 5. The van der Waals surface area contributed by atoms with Crippen molar-refractivity contribution in [1.82, 2.24) is 4.98 Å². The van der Waals surface area contributed by atoms with Gasteiger partial charge in [0.15, 0.2) is 0 Å². The van der Waals surface area contributed by atoms with E-state index in [0.717, 1.165) is 12.2 Å². The highest BCUT2D eigenvalue weighted by Gasteiger charge is 2.26. The van der Waals surface area contributed by atoms with E-state index in [4.69, 9.17) is 4.74 Å². The Balaban J connectivity index is 3.10. The van der Waals surface area contributed by atoms with E-state index >= 15 is 0 Å². The van der Waals surface area contributed by atoms with Gasteiger partial charge >= 0.3 is 0 Å². The molecule has 1 unspecified atom stereocenters. The lowest BCUT2D eigenvalue weighted by molar-refractivity contribution is 0.362. The Morgan fingerprint density at radius 3 is 2.67 bits per heavy atom. The van der Waals surface area contributed by atoms with E-state index in [1.165, 1.54) is 18.4 Å². The fourth-order valence-electron chi connectivity index (χ4n) is 2.09. The first-order chi connectivity index (χ1) is 7.18. The third-order valence-electron chi connectivity index (χ3n) is 3.24. The van der Waals surface area contributed by atoms with Crippen molar-refractivity contribution in [2.75, 3.05) is 7.11 Å². The molecule has 1 aromatic rings. The summed E-state index contributed by atoms with van der Waals surface area (Å²) in [7, 11) is 1.71. The molecule has 0 amide bonds. The average Bonchev–Trinajstić information content (AvgIpc) is 2.29. The second-order valence-corrected chi connectivity index (χ2v) is 4.24. The Hall–Kier alpha value is -1.05. The first-order valence-corrected chi connectivity index (χ1v) is 5.66. The Labute approximate surface area is 92.7 Å². The second-order valence-electron chi connectivity index (χ2n) is 4.24. The van der Waals surface area contributed by atoms with Crippen molar-refractivity contribution in [3.63, 3.8) is 0 Å². The van der Waals surface area contributed by atoms with Gasteiger partial charge in [0.25, 0.3) is 0 Å². The van der Waals surface area contributed by atoms with Gasteiger partial charge < -0.3 is 4.74 Å². The van der Waals surface area contributed by atoms with Crippen LogP contribution in [-0.2, 0) is 5.41 Å². The lowest BCUT2D eigenvalue weighted by Gasteiger charge is -2.29. The minimum Gasteiger partial charge on any atom is -0.495 e. The summed E-state index contributed by atoms with van der Waals surface area (Å²) in [6.45, 7) is 6.76. The molecule has 0 radical (unpaired) electrons. The number of hydrogen-bond acceptors (Lipinski definition) is 2. The minimum absolute atomic E-state index is 0.211. The quantitative estimate of drug-likeness (QED) is 0.736. The molecule has 0 aromatic carbocycles. The largest absolute Gasteiger partial charge is 0.495 e. The van der Waals surface area contributed by atoms with Gasteiger partial charge in [-0.25, -0.2) is 0 Å². The molecular weight excluding hydrogens is 186 g/mol. The third kappa shape index (κ3) is 2.49. The molecular formula is C13H21NO. The monoisotopic (exact) mass is 207 g/mol. The van der Waals surface area contributed by atoms with Crippen LogP contribution in [0, 0.1) is 0 Å². The summed E-state index contributed by atoms with van der Waals surface area (Å²) in [6, 6.07) is 2.08. The van der Waals surface area contributed by atoms with Crippen molar-refractivity contribution in [2.45, 2.75) is 45.4 Å². The molecule has 2 nitrogen and oxygen atoms in total. The molecule has 0 bridgehead atoms. The van der Waals surface area contributed by atoms with Crippen molar-refractivity contribution in [2.24, 2.45) is 0 Å². The molecule has 0 aliphatic heterocycles. The van der Waals surface area contributed by atoms with Crippen molar-refractivity contribution in [1.29, 1.82) is 0 Å². The zero-order chi connectivity index (χ0) is 11.3. The maximum Gasteiger partial charge on any atom is 0.140 e. The van der Waals surface area contributed by atoms with E-state index in [2.05, 4.69) is 31.8 Å². The lowest BCUT2D eigenvalue weighted by atomic mass is 9.76. The van der Waals surface area contributed by atoms with Crippen LogP contribution in [0.3, 0.4) is 0 Å². The number of hydrogen-bond donors (Lipinski definition) is 0. The predicted molar refractivity (Wildman–Crippen MR) is 63.3 cm³/mol. The normalized spacial score (nSPS) is 14.7. The van der Waals surface area contributed by atoms with Gasteiger partial charge in [0.2, 0.25) is 0 Å². The summed E-state index contributed by atoms with van der Waals surface area (Å²) in [5.41, 5.74) is 1.49. The second kappa shape index (κ2) is 5.15. The van der Waals surface area contributed by atoms with Crippen LogP contribution in [0.15, 0.2) is 18.5 Å². The molecule has 2 heteroatoms. The van der Waals surface area contributed by atoms with E-state index in [1.807, 2.05) is 6.20 Å². The van der Waals surface area contributed by atoms with E-state index in [9.17, 15) is 0 Å². The number of aromatic nitrogens is 1. The van der Waals surface area contributed by atoms with Crippen LogP contribution in [0.2, 0.25) is 0 Å². The van der Waals surface area contributed by atoms with Gasteiger partial charge in [0.1, 0.15) is 5.75 Å². The van der Waals surface area contributed by atoms with Gasteiger partial charge in [-0.3, -0.25) is 4.98 Å². The highest BCUT2D eigenvalue weighted by Crippen LogP contribution is 2.37. The van der Waals surface area contributed by atoms with Gasteiger partial charge in [0, 0.05) is 11.8 Å². The molecule has 0 saturated carbocycles. The van der Waals surface area contributed by atoms with Gasteiger partial charge in [-0.2, -0.15) is 0 Å². The average molecular weight is 207 g/mol. The van der Waals surface area contributed by atoms with Crippen molar-refractivity contribution >= 4 is 0 Å². The molecule has 15 heavy (non-hydrogen) atoms.